The van der Waals surface area contributed by atoms with E-state index >= 15 is 0 Å². The number of ether oxygens (including phenoxy) is 1. The van der Waals surface area contributed by atoms with Crippen molar-refractivity contribution in [2.45, 2.75) is 25.9 Å². The average molecular weight is 228 g/mol. The van der Waals surface area contributed by atoms with E-state index < -0.39 is 0 Å². The fourth-order valence-corrected chi connectivity index (χ4v) is 3.05. The highest BCUT2D eigenvalue weighted by Crippen LogP contribution is 2.61. The largest absolute Gasteiger partial charge is 0.455 e. The van der Waals surface area contributed by atoms with Crippen molar-refractivity contribution in [3.63, 3.8) is 0 Å². The van der Waals surface area contributed by atoms with E-state index in [1.165, 1.54) is 18.1 Å². The SMILES string of the molecule is CC(=O)O[C@]12C=C(c3ccccc3)[C@H](C)[C@H]1C2. The standard InChI is InChI=1S/C15H16O2/c1-10-13(12-6-4-3-5-7-12)8-15(9-14(10)15)17-11(2)16/h3-8,10,14H,9H2,1-2H3/t10-,14+,15-/m0/s1. The van der Waals surface area contributed by atoms with Crippen molar-refractivity contribution in [1.82, 2.24) is 0 Å². The zero-order valence-corrected chi connectivity index (χ0v) is 10.1. The number of carbonyl (C=O) groups is 1. The van der Waals surface area contributed by atoms with Gasteiger partial charge in [-0.2, -0.15) is 0 Å². The molecule has 0 amide bonds. The normalized spacial score (nSPS) is 33.9. The molecule has 1 aromatic rings. The van der Waals surface area contributed by atoms with Crippen LogP contribution in [0.2, 0.25) is 0 Å². The average Bonchev–Trinajstić information content (AvgIpc) is 2.93. The highest BCUT2D eigenvalue weighted by atomic mass is 16.6. The Labute approximate surface area is 101 Å². The maximum absolute atomic E-state index is 11.1. The number of benzene rings is 1. The van der Waals surface area contributed by atoms with E-state index in [0.29, 0.717) is 11.8 Å². The first kappa shape index (κ1) is 10.6. The molecule has 0 saturated heterocycles. The Kier molecular flexibility index (Phi) is 2.15. The first-order valence-corrected chi connectivity index (χ1v) is 6.10. The molecule has 0 aliphatic heterocycles. The van der Waals surface area contributed by atoms with E-state index in [1.807, 2.05) is 18.2 Å². The van der Waals surface area contributed by atoms with Crippen LogP contribution in [-0.4, -0.2) is 11.6 Å². The third kappa shape index (κ3) is 1.59. The Balaban J connectivity index is 1.92. The number of hydrogen-bond acceptors (Lipinski definition) is 2. The number of rotatable bonds is 2. The molecular weight excluding hydrogens is 212 g/mol. The molecule has 2 nitrogen and oxygen atoms in total. The minimum Gasteiger partial charge on any atom is -0.455 e. The summed E-state index contributed by atoms with van der Waals surface area (Å²) in [6.07, 6.45) is 3.16. The Morgan fingerprint density at radius 1 is 1.35 bits per heavy atom. The molecule has 3 atom stereocenters. The molecule has 0 aromatic heterocycles. The topological polar surface area (TPSA) is 26.3 Å². The summed E-state index contributed by atoms with van der Waals surface area (Å²) in [7, 11) is 0. The van der Waals surface area contributed by atoms with Crippen LogP contribution in [0.15, 0.2) is 36.4 Å². The lowest BCUT2D eigenvalue weighted by molar-refractivity contribution is -0.146. The molecule has 1 aromatic carbocycles. The van der Waals surface area contributed by atoms with Gasteiger partial charge in [0.05, 0.1) is 0 Å². The fraction of sp³-hybridized carbons (Fsp3) is 0.400. The van der Waals surface area contributed by atoms with E-state index in [9.17, 15) is 4.79 Å². The van der Waals surface area contributed by atoms with E-state index in [0.717, 1.165) is 6.42 Å². The minimum atomic E-state index is -0.281. The summed E-state index contributed by atoms with van der Waals surface area (Å²) < 4.78 is 5.48. The molecular formula is C15H16O2. The van der Waals surface area contributed by atoms with Crippen LogP contribution in [0.3, 0.4) is 0 Å². The Morgan fingerprint density at radius 3 is 2.71 bits per heavy atom. The summed E-state index contributed by atoms with van der Waals surface area (Å²) in [6, 6.07) is 10.4. The Morgan fingerprint density at radius 2 is 2.06 bits per heavy atom. The van der Waals surface area contributed by atoms with Crippen molar-refractivity contribution >= 4 is 11.5 Å². The number of hydrogen-bond donors (Lipinski definition) is 0. The van der Waals surface area contributed by atoms with Gasteiger partial charge >= 0.3 is 5.97 Å². The summed E-state index contributed by atoms with van der Waals surface area (Å²) in [4.78, 5) is 11.1. The fourth-order valence-electron chi connectivity index (χ4n) is 3.05. The number of allylic oxidation sites excluding steroid dienone is 1. The van der Waals surface area contributed by atoms with E-state index in [4.69, 9.17) is 4.74 Å². The van der Waals surface area contributed by atoms with Gasteiger partial charge in [-0.1, -0.05) is 37.3 Å². The van der Waals surface area contributed by atoms with Crippen molar-refractivity contribution in [2.24, 2.45) is 11.8 Å². The second-order valence-corrected chi connectivity index (χ2v) is 5.11. The van der Waals surface area contributed by atoms with Crippen molar-refractivity contribution in [1.29, 1.82) is 0 Å². The smallest absolute Gasteiger partial charge is 0.303 e. The lowest BCUT2D eigenvalue weighted by Gasteiger charge is -2.10. The van der Waals surface area contributed by atoms with Gasteiger partial charge in [-0.25, -0.2) is 0 Å². The summed E-state index contributed by atoms with van der Waals surface area (Å²) in [5.41, 5.74) is 2.29. The monoisotopic (exact) mass is 228 g/mol. The van der Waals surface area contributed by atoms with Crippen LogP contribution in [0.4, 0.5) is 0 Å². The summed E-state index contributed by atoms with van der Waals surface area (Å²) in [6.45, 7) is 3.71. The molecule has 0 spiro atoms. The predicted molar refractivity (Wildman–Crippen MR) is 66.2 cm³/mol. The van der Waals surface area contributed by atoms with Crippen LogP contribution in [0, 0.1) is 11.8 Å². The van der Waals surface area contributed by atoms with Gasteiger partial charge in [-0.15, -0.1) is 0 Å². The van der Waals surface area contributed by atoms with Gasteiger partial charge in [-0.05, 0) is 29.6 Å². The maximum Gasteiger partial charge on any atom is 0.303 e. The highest BCUT2D eigenvalue weighted by molar-refractivity contribution is 5.76. The number of carbonyl (C=O) groups excluding carboxylic acids is 1. The minimum absolute atomic E-state index is 0.176. The van der Waals surface area contributed by atoms with Crippen LogP contribution >= 0.6 is 0 Å². The number of esters is 1. The first-order valence-electron chi connectivity index (χ1n) is 6.10. The molecule has 0 N–H and O–H groups in total. The van der Waals surface area contributed by atoms with Crippen LogP contribution in [0.5, 0.6) is 0 Å². The zero-order valence-electron chi connectivity index (χ0n) is 10.1. The van der Waals surface area contributed by atoms with Crippen molar-refractivity contribution in [2.75, 3.05) is 0 Å². The predicted octanol–water partition coefficient (Wildman–Crippen LogP) is 3.04. The molecule has 1 saturated carbocycles. The lowest BCUT2D eigenvalue weighted by Crippen LogP contribution is -2.15. The molecule has 17 heavy (non-hydrogen) atoms. The van der Waals surface area contributed by atoms with E-state index in [2.05, 4.69) is 25.1 Å². The third-order valence-electron chi connectivity index (χ3n) is 3.94. The van der Waals surface area contributed by atoms with Crippen LogP contribution in [0.1, 0.15) is 25.8 Å². The third-order valence-corrected chi connectivity index (χ3v) is 3.94. The van der Waals surface area contributed by atoms with Gasteiger partial charge in [0.25, 0.3) is 0 Å². The van der Waals surface area contributed by atoms with Crippen LogP contribution in [0.25, 0.3) is 5.57 Å². The van der Waals surface area contributed by atoms with E-state index in [-0.39, 0.29) is 11.6 Å². The Bertz CT molecular complexity index is 489. The molecule has 3 rings (SSSR count). The molecule has 2 heteroatoms. The van der Waals surface area contributed by atoms with Gasteiger partial charge in [0.1, 0.15) is 5.60 Å². The second-order valence-electron chi connectivity index (χ2n) is 5.11. The quantitative estimate of drug-likeness (QED) is 0.727. The van der Waals surface area contributed by atoms with Crippen LogP contribution in [-0.2, 0) is 9.53 Å². The van der Waals surface area contributed by atoms with Gasteiger partial charge in [0.2, 0.25) is 0 Å². The summed E-state index contributed by atoms with van der Waals surface area (Å²) >= 11 is 0. The number of fused-ring (bicyclic) bond motifs is 1. The van der Waals surface area contributed by atoms with Gasteiger partial charge < -0.3 is 4.74 Å². The van der Waals surface area contributed by atoms with Gasteiger partial charge in [0.15, 0.2) is 0 Å². The maximum atomic E-state index is 11.1. The second kappa shape index (κ2) is 3.46. The zero-order chi connectivity index (χ0) is 12.0. The molecule has 2 aliphatic carbocycles. The lowest BCUT2D eigenvalue weighted by atomic mass is 9.94. The first-order chi connectivity index (χ1) is 8.12. The summed E-state index contributed by atoms with van der Waals surface area (Å²) in [5, 5.41) is 0. The molecule has 0 unspecified atom stereocenters. The van der Waals surface area contributed by atoms with E-state index in [1.54, 1.807) is 0 Å². The van der Waals surface area contributed by atoms with Gasteiger partial charge in [-0.3, -0.25) is 4.79 Å². The van der Waals surface area contributed by atoms with Gasteiger partial charge in [0, 0.05) is 12.8 Å². The molecule has 1 fully saturated rings. The molecule has 0 heterocycles. The molecule has 0 radical (unpaired) electrons. The molecule has 0 bridgehead atoms. The molecule has 2 aliphatic rings. The summed E-state index contributed by atoms with van der Waals surface area (Å²) in [5.74, 6) is 0.795. The van der Waals surface area contributed by atoms with Crippen molar-refractivity contribution in [3.8, 4) is 0 Å². The van der Waals surface area contributed by atoms with Crippen LogP contribution < -0.4 is 0 Å². The Hall–Kier alpha value is -1.57. The highest BCUT2D eigenvalue weighted by Gasteiger charge is 2.63. The molecule has 88 valence electrons. The van der Waals surface area contributed by atoms with Crippen molar-refractivity contribution < 1.29 is 9.53 Å². The van der Waals surface area contributed by atoms with Crippen molar-refractivity contribution in [3.05, 3.63) is 42.0 Å².